The molecule has 0 radical (unpaired) electrons. The normalized spacial score (nSPS) is 11.3. The second-order valence-corrected chi connectivity index (χ2v) is 8.11. The van der Waals surface area contributed by atoms with Crippen LogP contribution in [0.5, 0.6) is 5.75 Å². The molecule has 0 unspecified atom stereocenters. The zero-order valence-electron chi connectivity index (χ0n) is 19.4. The number of fused-ring (bicyclic) bond motifs is 1. The van der Waals surface area contributed by atoms with Crippen molar-refractivity contribution in [2.75, 3.05) is 7.11 Å². The molecule has 5 aromatic rings. The standard InChI is InChI=1S/C26H25N5O3/c1-17-21-16-27-31(19-10-5-4-6-11-19)26(32)24(21)18(2)30(17)15-9-14-23-28-29-25(34-23)20-12-7-8-13-22(20)33-3/h4-8,10-13,16H,9,14-15H2,1-3H3. The van der Waals surface area contributed by atoms with Gasteiger partial charge in [0.25, 0.3) is 11.4 Å². The van der Waals surface area contributed by atoms with E-state index in [1.165, 1.54) is 4.68 Å². The van der Waals surface area contributed by atoms with Gasteiger partial charge >= 0.3 is 0 Å². The average Bonchev–Trinajstić information content (AvgIpc) is 3.43. The molecule has 8 nitrogen and oxygen atoms in total. The molecule has 172 valence electrons. The molecule has 2 aromatic carbocycles. The molecule has 0 saturated heterocycles. The molecular weight excluding hydrogens is 430 g/mol. The van der Waals surface area contributed by atoms with Crippen molar-refractivity contribution >= 4 is 10.8 Å². The van der Waals surface area contributed by atoms with Crippen molar-refractivity contribution in [1.82, 2.24) is 24.5 Å². The lowest BCUT2D eigenvalue weighted by Crippen LogP contribution is -2.21. The van der Waals surface area contributed by atoms with E-state index in [1.54, 1.807) is 13.3 Å². The van der Waals surface area contributed by atoms with Gasteiger partial charge in [-0.15, -0.1) is 10.2 Å². The Morgan fingerprint density at radius 2 is 1.74 bits per heavy atom. The molecule has 3 heterocycles. The highest BCUT2D eigenvalue weighted by Gasteiger charge is 2.17. The summed E-state index contributed by atoms with van der Waals surface area (Å²) in [5, 5.41) is 14.4. The number of para-hydroxylation sites is 2. The molecule has 0 bridgehead atoms. The Morgan fingerprint density at radius 1 is 0.971 bits per heavy atom. The zero-order valence-corrected chi connectivity index (χ0v) is 19.4. The molecule has 0 saturated carbocycles. The van der Waals surface area contributed by atoms with Crippen LogP contribution in [0.2, 0.25) is 0 Å². The maximum absolute atomic E-state index is 13.2. The number of nitrogens with zero attached hydrogens (tertiary/aromatic N) is 5. The number of methoxy groups -OCH3 is 1. The average molecular weight is 456 g/mol. The van der Waals surface area contributed by atoms with Gasteiger partial charge in [-0.3, -0.25) is 4.79 Å². The van der Waals surface area contributed by atoms with Crippen molar-refractivity contribution < 1.29 is 9.15 Å². The summed E-state index contributed by atoms with van der Waals surface area (Å²) in [6.45, 7) is 4.73. The Labute approximate surface area is 196 Å². The first-order valence-electron chi connectivity index (χ1n) is 11.2. The molecule has 3 aromatic heterocycles. The van der Waals surface area contributed by atoms with Crippen LogP contribution >= 0.6 is 0 Å². The number of hydrogen-bond acceptors (Lipinski definition) is 6. The summed E-state index contributed by atoms with van der Waals surface area (Å²) >= 11 is 0. The minimum Gasteiger partial charge on any atom is -0.496 e. The first-order chi connectivity index (χ1) is 16.6. The predicted octanol–water partition coefficient (Wildman–Crippen LogP) is 4.50. The number of benzene rings is 2. The number of aromatic nitrogens is 5. The molecule has 5 rings (SSSR count). The topological polar surface area (TPSA) is 88.0 Å². The highest BCUT2D eigenvalue weighted by molar-refractivity contribution is 5.87. The highest BCUT2D eigenvalue weighted by Crippen LogP contribution is 2.28. The lowest BCUT2D eigenvalue weighted by molar-refractivity contribution is 0.413. The third kappa shape index (κ3) is 3.77. The van der Waals surface area contributed by atoms with Gasteiger partial charge in [0.2, 0.25) is 5.89 Å². The Hall–Kier alpha value is -4.20. The van der Waals surface area contributed by atoms with Crippen LogP contribution in [0.25, 0.3) is 27.9 Å². The fourth-order valence-corrected chi connectivity index (χ4v) is 4.37. The summed E-state index contributed by atoms with van der Waals surface area (Å²) < 4.78 is 14.9. The molecule has 8 heteroatoms. The lowest BCUT2D eigenvalue weighted by atomic mass is 10.2. The monoisotopic (exact) mass is 455 g/mol. The van der Waals surface area contributed by atoms with E-state index >= 15 is 0 Å². The Bertz CT molecular complexity index is 1520. The van der Waals surface area contributed by atoms with Gasteiger partial charge in [-0.05, 0) is 44.5 Å². The molecule has 0 aliphatic carbocycles. The van der Waals surface area contributed by atoms with Gasteiger partial charge in [-0.2, -0.15) is 9.78 Å². The molecule has 34 heavy (non-hydrogen) atoms. The van der Waals surface area contributed by atoms with E-state index in [-0.39, 0.29) is 5.56 Å². The maximum atomic E-state index is 13.2. The molecule has 0 fully saturated rings. The lowest BCUT2D eigenvalue weighted by Gasteiger charge is -2.08. The summed E-state index contributed by atoms with van der Waals surface area (Å²) in [7, 11) is 1.62. The van der Waals surface area contributed by atoms with Crippen molar-refractivity contribution in [2.45, 2.75) is 33.2 Å². The van der Waals surface area contributed by atoms with E-state index in [4.69, 9.17) is 9.15 Å². The summed E-state index contributed by atoms with van der Waals surface area (Å²) in [5.74, 6) is 1.71. The maximum Gasteiger partial charge on any atom is 0.281 e. The van der Waals surface area contributed by atoms with Crippen LogP contribution < -0.4 is 10.3 Å². The number of hydrogen-bond donors (Lipinski definition) is 0. The van der Waals surface area contributed by atoms with Crippen molar-refractivity contribution in [3.63, 3.8) is 0 Å². The molecular formula is C26H25N5O3. The van der Waals surface area contributed by atoms with Crippen LogP contribution in [0.1, 0.15) is 23.7 Å². The van der Waals surface area contributed by atoms with Gasteiger partial charge in [0, 0.05) is 29.7 Å². The van der Waals surface area contributed by atoms with Crippen LogP contribution in [0.4, 0.5) is 0 Å². The minimum atomic E-state index is -0.110. The van der Waals surface area contributed by atoms with Crippen LogP contribution in [0, 0.1) is 13.8 Å². The second kappa shape index (κ2) is 8.97. The van der Waals surface area contributed by atoms with Gasteiger partial charge in [0.1, 0.15) is 5.75 Å². The van der Waals surface area contributed by atoms with Gasteiger partial charge in [0.15, 0.2) is 0 Å². The van der Waals surface area contributed by atoms with Crippen molar-refractivity contribution in [3.8, 4) is 22.9 Å². The van der Waals surface area contributed by atoms with Crippen LogP contribution in [0.3, 0.4) is 0 Å². The molecule has 0 aliphatic heterocycles. The van der Waals surface area contributed by atoms with E-state index < -0.39 is 0 Å². The molecule has 0 atom stereocenters. The molecule has 0 N–H and O–H groups in total. The van der Waals surface area contributed by atoms with Crippen molar-refractivity contribution in [2.24, 2.45) is 0 Å². The van der Waals surface area contributed by atoms with Gasteiger partial charge in [0.05, 0.1) is 29.9 Å². The zero-order chi connectivity index (χ0) is 23.7. The van der Waals surface area contributed by atoms with E-state index in [0.29, 0.717) is 29.3 Å². The Morgan fingerprint density at radius 3 is 2.53 bits per heavy atom. The summed E-state index contributed by atoms with van der Waals surface area (Å²) in [5.41, 5.74) is 3.37. The smallest absolute Gasteiger partial charge is 0.281 e. The fourth-order valence-electron chi connectivity index (χ4n) is 4.37. The van der Waals surface area contributed by atoms with E-state index in [1.807, 2.05) is 68.4 Å². The molecule has 0 aliphatic rings. The van der Waals surface area contributed by atoms with Gasteiger partial charge in [-0.1, -0.05) is 30.3 Å². The highest BCUT2D eigenvalue weighted by atomic mass is 16.5. The van der Waals surface area contributed by atoms with Crippen molar-refractivity contribution in [3.05, 3.63) is 88.4 Å². The third-order valence-electron chi connectivity index (χ3n) is 6.12. The van der Waals surface area contributed by atoms with E-state index in [9.17, 15) is 4.79 Å². The first-order valence-corrected chi connectivity index (χ1v) is 11.2. The largest absolute Gasteiger partial charge is 0.496 e. The second-order valence-electron chi connectivity index (χ2n) is 8.11. The van der Waals surface area contributed by atoms with Crippen LogP contribution in [-0.4, -0.2) is 31.7 Å². The number of aryl methyl sites for hydroxylation is 3. The predicted molar refractivity (Wildman–Crippen MR) is 129 cm³/mol. The number of ether oxygens (including phenoxy) is 1. The molecule has 0 spiro atoms. The quantitative estimate of drug-likeness (QED) is 0.359. The first kappa shape index (κ1) is 21.6. The summed E-state index contributed by atoms with van der Waals surface area (Å²) in [6, 6.07) is 17.0. The minimum absolute atomic E-state index is 0.110. The third-order valence-corrected chi connectivity index (χ3v) is 6.12. The Balaban J connectivity index is 1.37. The summed E-state index contributed by atoms with van der Waals surface area (Å²) in [6.07, 6.45) is 3.19. The Kier molecular flexibility index (Phi) is 5.71. The van der Waals surface area contributed by atoms with Gasteiger partial charge in [-0.25, -0.2) is 0 Å². The van der Waals surface area contributed by atoms with E-state index in [0.717, 1.165) is 41.0 Å². The van der Waals surface area contributed by atoms with Gasteiger partial charge < -0.3 is 13.7 Å². The summed E-state index contributed by atoms with van der Waals surface area (Å²) in [4.78, 5) is 13.2. The van der Waals surface area contributed by atoms with Crippen LogP contribution in [-0.2, 0) is 13.0 Å². The van der Waals surface area contributed by atoms with Crippen LogP contribution in [0.15, 0.2) is 70.0 Å². The fraction of sp³-hybridized carbons (Fsp3) is 0.231. The molecule has 0 amide bonds. The number of rotatable bonds is 7. The van der Waals surface area contributed by atoms with E-state index in [2.05, 4.69) is 19.9 Å². The SMILES string of the molecule is COc1ccccc1-c1nnc(CCCn2c(C)c3cnn(-c4ccccc4)c(=O)c3c2C)o1. The van der Waals surface area contributed by atoms with Crippen molar-refractivity contribution in [1.29, 1.82) is 0 Å².